The van der Waals surface area contributed by atoms with Crippen molar-refractivity contribution in [2.75, 3.05) is 0 Å². The summed E-state index contributed by atoms with van der Waals surface area (Å²) >= 11 is 0. The highest BCUT2D eigenvalue weighted by Gasteiger charge is 2.51. The van der Waals surface area contributed by atoms with Gasteiger partial charge in [-0.3, -0.25) is 0 Å². The van der Waals surface area contributed by atoms with Crippen molar-refractivity contribution in [3.8, 4) is 0 Å². The lowest BCUT2D eigenvalue weighted by molar-refractivity contribution is 0.0609. The largest absolute Gasteiger partial charge is 0.393 e. The van der Waals surface area contributed by atoms with Crippen molar-refractivity contribution in [2.24, 2.45) is 10.8 Å². The molecule has 0 aliphatic heterocycles. The van der Waals surface area contributed by atoms with E-state index in [2.05, 4.69) is 32.1 Å². The molecule has 3 nitrogen and oxygen atoms in total. The van der Waals surface area contributed by atoms with Crippen molar-refractivity contribution in [2.45, 2.75) is 129 Å². The lowest BCUT2D eigenvalue weighted by atomic mass is 9.71. The lowest BCUT2D eigenvalue weighted by Gasteiger charge is -2.34. The summed E-state index contributed by atoms with van der Waals surface area (Å²) in [6, 6.07) is 0. The highest BCUT2D eigenvalue weighted by atomic mass is 16.3. The first kappa shape index (κ1) is 24.7. The van der Waals surface area contributed by atoms with Crippen molar-refractivity contribution in [3.63, 3.8) is 0 Å². The van der Waals surface area contributed by atoms with Crippen LogP contribution in [0.3, 0.4) is 0 Å². The minimum absolute atomic E-state index is 0.349. The van der Waals surface area contributed by atoms with E-state index < -0.39 is 17.8 Å². The van der Waals surface area contributed by atoms with Crippen molar-refractivity contribution in [3.05, 3.63) is 34.9 Å². The Labute approximate surface area is 190 Å². The predicted molar refractivity (Wildman–Crippen MR) is 129 cm³/mol. The normalized spacial score (nSPS) is 32.4. The number of aliphatic hydroxyl groups is 3. The Balaban J connectivity index is 1.50. The van der Waals surface area contributed by atoms with Crippen molar-refractivity contribution in [1.82, 2.24) is 0 Å². The van der Waals surface area contributed by atoms with Crippen LogP contribution < -0.4 is 0 Å². The summed E-state index contributed by atoms with van der Waals surface area (Å²) in [5.41, 5.74) is 4.54. The molecule has 0 aromatic carbocycles. The molecule has 0 saturated heterocycles. The van der Waals surface area contributed by atoms with Gasteiger partial charge >= 0.3 is 0 Å². The fourth-order valence-corrected chi connectivity index (χ4v) is 6.10. The van der Waals surface area contributed by atoms with Crippen LogP contribution in [-0.2, 0) is 0 Å². The highest BCUT2D eigenvalue weighted by Crippen LogP contribution is 2.64. The van der Waals surface area contributed by atoms with Crippen LogP contribution >= 0.6 is 0 Å². The van der Waals surface area contributed by atoms with Gasteiger partial charge in [-0.25, -0.2) is 0 Å². The molecule has 0 aromatic rings. The Morgan fingerprint density at radius 3 is 2.39 bits per heavy atom. The Hall–Kier alpha value is -0.900. The minimum Gasteiger partial charge on any atom is -0.393 e. The monoisotopic (exact) mass is 430 g/mol. The second-order valence-corrected chi connectivity index (χ2v) is 11.8. The molecule has 3 N–H and O–H groups in total. The number of rotatable bonds is 10. The minimum atomic E-state index is -0.545. The zero-order valence-electron chi connectivity index (χ0n) is 20.4. The topological polar surface area (TPSA) is 60.7 Å². The van der Waals surface area contributed by atoms with E-state index in [0.29, 0.717) is 30.1 Å². The molecule has 176 valence electrons. The first-order valence-corrected chi connectivity index (χ1v) is 12.7. The number of aliphatic hydroxyl groups excluding tert-OH is 2. The van der Waals surface area contributed by atoms with Gasteiger partial charge in [-0.05, 0) is 115 Å². The van der Waals surface area contributed by atoms with Crippen molar-refractivity contribution in [1.29, 1.82) is 0 Å². The Kier molecular flexibility index (Phi) is 7.92. The SMILES string of the molecule is C/C(=C/C=C1/CC(O)C[C@H](O)C1)CCC[C@@]1(C)CCC=C1C1(CCCC(C)(C)O)CC1. The summed E-state index contributed by atoms with van der Waals surface area (Å²) in [6.45, 7) is 8.55. The average molecular weight is 431 g/mol. The standard InChI is InChI=1S/C28H46O3/c1-21(10-11-22-18-23(29)20-24(30)19-22)8-5-13-27(4)14-6-9-25(27)28(16-17-28)15-7-12-26(2,3)31/h9-11,23-24,29-31H,5-8,12-20H2,1-4H3/b21-10-,22-11-/t23?,24-,27+/m1/s1. The van der Waals surface area contributed by atoms with Gasteiger partial charge in [0.05, 0.1) is 17.8 Å². The van der Waals surface area contributed by atoms with E-state index in [-0.39, 0.29) is 0 Å². The van der Waals surface area contributed by atoms with Gasteiger partial charge in [-0.1, -0.05) is 41.9 Å². The van der Waals surface area contributed by atoms with E-state index >= 15 is 0 Å². The van der Waals surface area contributed by atoms with Gasteiger partial charge in [0, 0.05) is 0 Å². The first-order chi connectivity index (χ1) is 14.5. The maximum atomic E-state index is 10.1. The molecule has 1 unspecified atom stereocenters. The Bertz CT molecular complexity index is 692. The molecule has 3 atom stereocenters. The van der Waals surface area contributed by atoms with E-state index in [1.807, 2.05) is 13.8 Å². The van der Waals surface area contributed by atoms with Gasteiger partial charge in [0.2, 0.25) is 0 Å². The summed E-state index contributed by atoms with van der Waals surface area (Å²) in [5.74, 6) is 0. The molecule has 3 aliphatic rings. The average Bonchev–Trinajstić information content (AvgIpc) is 3.32. The van der Waals surface area contributed by atoms with E-state index in [1.54, 1.807) is 5.57 Å². The molecule has 0 heterocycles. The van der Waals surface area contributed by atoms with Crippen LogP contribution in [0.1, 0.15) is 111 Å². The molecular formula is C28H46O3. The summed E-state index contributed by atoms with van der Waals surface area (Å²) in [6.07, 6.45) is 20.0. The molecule has 0 radical (unpaired) electrons. The summed E-state index contributed by atoms with van der Waals surface area (Å²) in [4.78, 5) is 0. The molecule has 0 aromatic heterocycles. The molecule has 31 heavy (non-hydrogen) atoms. The van der Waals surface area contributed by atoms with Gasteiger partial charge in [0.25, 0.3) is 0 Å². The molecule has 0 bridgehead atoms. The number of hydrogen-bond acceptors (Lipinski definition) is 3. The lowest BCUT2D eigenvalue weighted by Crippen LogP contribution is -2.24. The molecule has 2 saturated carbocycles. The maximum absolute atomic E-state index is 10.1. The van der Waals surface area contributed by atoms with Gasteiger partial charge in [-0.15, -0.1) is 0 Å². The summed E-state index contributed by atoms with van der Waals surface area (Å²) in [5, 5.41) is 29.8. The van der Waals surface area contributed by atoms with E-state index in [9.17, 15) is 15.3 Å². The molecule has 3 heteroatoms. The zero-order valence-corrected chi connectivity index (χ0v) is 20.4. The van der Waals surface area contributed by atoms with Crippen LogP contribution in [0.4, 0.5) is 0 Å². The van der Waals surface area contributed by atoms with Gasteiger partial charge in [-0.2, -0.15) is 0 Å². The zero-order chi connectivity index (χ0) is 22.7. The second kappa shape index (κ2) is 9.93. The predicted octanol–water partition coefficient (Wildman–Crippen LogP) is 6.38. The second-order valence-electron chi connectivity index (χ2n) is 11.8. The van der Waals surface area contributed by atoms with Crippen LogP contribution in [0, 0.1) is 10.8 Å². The molecule has 0 spiro atoms. The third-order valence-electron chi connectivity index (χ3n) is 8.01. The van der Waals surface area contributed by atoms with Crippen LogP contribution in [0.25, 0.3) is 0 Å². The number of hydrogen-bond donors (Lipinski definition) is 3. The van der Waals surface area contributed by atoms with E-state index in [1.165, 1.54) is 56.1 Å². The molecule has 3 aliphatic carbocycles. The third-order valence-corrected chi connectivity index (χ3v) is 8.01. The first-order valence-electron chi connectivity index (χ1n) is 12.7. The van der Waals surface area contributed by atoms with Crippen LogP contribution in [0.15, 0.2) is 34.9 Å². The van der Waals surface area contributed by atoms with E-state index in [0.717, 1.165) is 19.3 Å². The molecule has 3 rings (SSSR count). The molecular weight excluding hydrogens is 384 g/mol. The smallest absolute Gasteiger partial charge is 0.0602 e. The molecule has 2 fully saturated rings. The van der Waals surface area contributed by atoms with Crippen molar-refractivity contribution >= 4 is 0 Å². The maximum Gasteiger partial charge on any atom is 0.0602 e. The fourth-order valence-electron chi connectivity index (χ4n) is 6.10. The third kappa shape index (κ3) is 7.04. The van der Waals surface area contributed by atoms with Crippen LogP contribution in [0.2, 0.25) is 0 Å². The Morgan fingerprint density at radius 1 is 1.10 bits per heavy atom. The fraction of sp³-hybridized carbons (Fsp3) is 0.786. The van der Waals surface area contributed by atoms with Crippen LogP contribution in [0.5, 0.6) is 0 Å². The van der Waals surface area contributed by atoms with Gasteiger partial charge in [0.15, 0.2) is 0 Å². The summed E-state index contributed by atoms with van der Waals surface area (Å²) < 4.78 is 0. The highest BCUT2D eigenvalue weighted by molar-refractivity contribution is 5.32. The Morgan fingerprint density at radius 2 is 1.77 bits per heavy atom. The summed E-state index contributed by atoms with van der Waals surface area (Å²) in [7, 11) is 0. The number of allylic oxidation sites excluding steroid dienone is 5. The molecule has 0 amide bonds. The van der Waals surface area contributed by atoms with E-state index in [4.69, 9.17) is 0 Å². The van der Waals surface area contributed by atoms with Crippen LogP contribution in [-0.4, -0.2) is 33.1 Å². The van der Waals surface area contributed by atoms with Gasteiger partial charge < -0.3 is 15.3 Å². The van der Waals surface area contributed by atoms with Crippen molar-refractivity contribution < 1.29 is 15.3 Å². The quantitative estimate of drug-likeness (QED) is 0.352. The van der Waals surface area contributed by atoms with Gasteiger partial charge in [0.1, 0.15) is 0 Å².